The van der Waals surface area contributed by atoms with Crippen LogP contribution in [0.15, 0.2) is 10.5 Å². The maximum Gasteiger partial charge on any atom is 0.138 e. The van der Waals surface area contributed by atoms with Gasteiger partial charge in [-0.05, 0) is 66.3 Å². The summed E-state index contributed by atoms with van der Waals surface area (Å²) < 4.78 is 19.8. The fourth-order valence-electron chi connectivity index (χ4n) is 2.51. The van der Waals surface area contributed by atoms with Crippen LogP contribution in [0.1, 0.15) is 29.9 Å². The number of benzene rings is 1. The van der Waals surface area contributed by atoms with Crippen molar-refractivity contribution in [2.24, 2.45) is 0 Å². The van der Waals surface area contributed by atoms with Crippen LogP contribution in [0.4, 0.5) is 4.39 Å². The van der Waals surface area contributed by atoms with Crippen LogP contribution >= 0.6 is 15.9 Å². The minimum Gasteiger partial charge on any atom is -0.496 e. The average Bonchev–Trinajstić information content (AvgIpc) is 2.34. The van der Waals surface area contributed by atoms with Crippen LogP contribution < -0.4 is 10.1 Å². The highest BCUT2D eigenvalue weighted by Gasteiger charge is 2.24. The molecule has 0 bridgehead atoms. The summed E-state index contributed by atoms with van der Waals surface area (Å²) in [5.41, 5.74) is 1.85. The van der Waals surface area contributed by atoms with E-state index in [-0.39, 0.29) is 5.82 Å². The van der Waals surface area contributed by atoms with E-state index in [1.165, 1.54) is 6.07 Å². The third kappa shape index (κ3) is 2.47. The lowest BCUT2D eigenvalue weighted by atomic mass is 9.88. The first-order valence-electron chi connectivity index (χ1n) is 5.88. The molecule has 2 rings (SSSR count). The first kappa shape index (κ1) is 12.8. The molecule has 0 spiro atoms. The zero-order valence-electron chi connectivity index (χ0n) is 10.1. The summed E-state index contributed by atoms with van der Waals surface area (Å²) in [5.74, 6) is 0.997. The molecule has 1 aliphatic rings. The van der Waals surface area contributed by atoms with Gasteiger partial charge in [-0.2, -0.15) is 0 Å². The Morgan fingerprint density at radius 1 is 1.41 bits per heavy atom. The molecule has 0 atom stereocenters. The molecule has 2 nitrogen and oxygen atoms in total. The standard InChI is InChI=1S/C13H17BrFNO/c1-8-7-10(15)12(14)11(13(8)17-2)9-3-5-16-6-4-9/h7,9,16H,3-6H2,1-2H3. The fourth-order valence-corrected chi connectivity index (χ4v) is 3.12. The third-order valence-corrected chi connectivity index (χ3v) is 4.15. The van der Waals surface area contributed by atoms with Crippen molar-refractivity contribution in [3.63, 3.8) is 0 Å². The van der Waals surface area contributed by atoms with E-state index in [0.717, 1.165) is 42.8 Å². The predicted molar refractivity (Wildman–Crippen MR) is 70.2 cm³/mol. The summed E-state index contributed by atoms with van der Waals surface area (Å²) in [7, 11) is 1.65. The summed E-state index contributed by atoms with van der Waals surface area (Å²) in [5, 5.41) is 3.32. The van der Waals surface area contributed by atoms with E-state index in [1.54, 1.807) is 7.11 Å². The Morgan fingerprint density at radius 2 is 2.06 bits per heavy atom. The number of ether oxygens (including phenoxy) is 1. The van der Waals surface area contributed by atoms with Gasteiger partial charge in [-0.3, -0.25) is 0 Å². The van der Waals surface area contributed by atoms with Crippen LogP contribution in [0, 0.1) is 12.7 Å². The van der Waals surface area contributed by atoms with Gasteiger partial charge in [-0.1, -0.05) is 0 Å². The quantitative estimate of drug-likeness (QED) is 0.904. The van der Waals surface area contributed by atoms with E-state index in [2.05, 4.69) is 21.2 Å². The van der Waals surface area contributed by atoms with Crippen LogP contribution in [0.3, 0.4) is 0 Å². The van der Waals surface area contributed by atoms with Gasteiger partial charge >= 0.3 is 0 Å². The maximum absolute atomic E-state index is 13.8. The second-order valence-corrected chi connectivity index (χ2v) is 5.25. The zero-order chi connectivity index (χ0) is 12.4. The van der Waals surface area contributed by atoms with E-state index in [4.69, 9.17) is 4.74 Å². The van der Waals surface area contributed by atoms with Gasteiger partial charge in [0.1, 0.15) is 11.6 Å². The number of rotatable bonds is 2. The highest BCUT2D eigenvalue weighted by molar-refractivity contribution is 9.10. The molecule has 4 heteroatoms. The first-order valence-corrected chi connectivity index (χ1v) is 6.67. The molecule has 94 valence electrons. The van der Waals surface area contributed by atoms with Gasteiger partial charge in [0.2, 0.25) is 0 Å². The summed E-state index contributed by atoms with van der Waals surface area (Å²) in [4.78, 5) is 0. The van der Waals surface area contributed by atoms with Crippen LogP contribution in [-0.4, -0.2) is 20.2 Å². The highest BCUT2D eigenvalue weighted by atomic mass is 79.9. The summed E-state index contributed by atoms with van der Waals surface area (Å²) in [6.07, 6.45) is 2.05. The van der Waals surface area contributed by atoms with Gasteiger partial charge in [-0.25, -0.2) is 4.39 Å². The largest absolute Gasteiger partial charge is 0.496 e. The van der Waals surface area contributed by atoms with Crippen molar-refractivity contribution in [2.45, 2.75) is 25.7 Å². The molecule has 17 heavy (non-hydrogen) atoms. The number of hydrogen-bond donors (Lipinski definition) is 1. The predicted octanol–water partition coefficient (Wildman–Crippen LogP) is 3.37. The van der Waals surface area contributed by atoms with Gasteiger partial charge in [0.25, 0.3) is 0 Å². The van der Waals surface area contributed by atoms with Crippen LogP contribution in [0.25, 0.3) is 0 Å². The van der Waals surface area contributed by atoms with E-state index >= 15 is 0 Å². The molecule has 1 aliphatic heterocycles. The summed E-state index contributed by atoms with van der Waals surface area (Å²) >= 11 is 3.37. The third-order valence-electron chi connectivity index (χ3n) is 3.34. The summed E-state index contributed by atoms with van der Waals surface area (Å²) in [6.45, 7) is 3.85. The Morgan fingerprint density at radius 3 is 2.65 bits per heavy atom. The van der Waals surface area contributed by atoms with Crippen molar-refractivity contribution < 1.29 is 9.13 Å². The smallest absolute Gasteiger partial charge is 0.138 e. The Hall–Kier alpha value is -0.610. The number of nitrogens with one attached hydrogen (secondary N) is 1. The molecule has 0 amide bonds. The molecule has 1 fully saturated rings. The fraction of sp³-hybridized carbons (Fsp3) is 0.538. The second kappa shape index (κ2) is 5.36. The van der Waals surface area contributed by atoms with Crippen molar-refractivity contribution in [3.8, 4) is 5.75 Å². The van der Waals surface area contributed by atoms with Crippen LogP contribution in [0.2, 0.25) is 0 Å². The van der Waals surface area contributed by atoms with Gasteiger partial charge < -0.3 is 10.1 Å². The normalized spacial score (nSPS) is 17.2. The number of aryl methyl sites for hydroxylation is 1. The Bertz CT molecular complexity index is 416. The van der Waals surface area contributed by atoms with Gasteiger partial charge in [0.05, 0.1) is 11.6 Å². The lowest BCUT2D eigenvalue weighted by molar-refractivity contribution is 0.385. The molecule has 0 aromatic heterocycles. The van der Waals surface area contributed by atoms with Crippen molar-refractivity contribution >= 4 is 15.9 Å². The molecule has 1 heterocycles. The van der Waals surface area contributed by atoms with Gasteiger partial charge in [0.15, 0.2) is 0 Å². The lowest BCUT2D eigenvalue weighted by Crippen LogP contribution is -2.27. The average molecular weight is 302 g/mol. The Kier molecular flexibility index (Phi) is 4.05. The van der Waals surface area contributed by atoms with E-state index in [1.807, 2.05) is 6.92 Å². The molecular weight excluding hydrogens is 285 g/mol. The molecule has 1 aromatic carbocycles. The molecular formula is C13H17BrFNO. The molecule has 1 N–H and O–H groups in total. The Labute approximate surface area is 110 Å². The second-order valence-electron chi connectivity index (χ2n) is 4.46. The van der Waals surface area contributed by atoms with Crippen LogP contribution in [-0.2, 0) is 0 Å². The minimum atomic E-state index is -0.197. The van der Waals surface area contributed by atoms with Gasteiger partial charge in [-0.15, -0.1) is 0 Å². The SMILES string of the molecule is COc1c(C)cc(F)c(Br)c1C1CCNCC1. The van der Waals surface area contributed by atoms with Gasteiger partial charge in [0, 0.05) is 5.56 Å². The van der Waals surface area contributed by atoms with Crippen molar-refractivity contribution in [1.82, 2.24) is 5.32 Å². The Balaban J connectivity index is 2.48. The molecule has 0 unspecified atom stereocenters. The highest BCUT2D eigenvalue weighted by Crippen LogP contribution is 2.41. The molecule has 1 aromatic rings. The van der Waals surface area contributed by atoms with E-state index in [9.17, 15) is 4.39 Å². The molecule has 0 saturated carbocycles. The number of methoxy groups -OCH3 is 1. The van der Waals surface area contributed by atoms with E-state index in [0.29, 0.717) is 10.4 Å². The zero-order valence-corrected chi connectivity index (χ0v) is 11.7. The topological polar surface area (TPSA) is 21.3 Å². The summed E-state index contributed by atoms with van der Waals surface area (Å²) in [6, 6.07) is 1.52. The molecule has 0 aliphatic carbocycles. The molecule has 1 saturated heterocycles. The number of piperidine rings is 1. The number of hydrogen-bond acceptors (Lipinski definition) is 2. The minimum absolute atomic E-state index is 0.197. The monoisotopic (exact) mass is 301 g/mol. The van der Waals surface area contributed by atoms with Crippen LogP contribution in [0.5, 0.6) is 5.75 Å². The number of halogens is 2. The molecule has 0 radical (unpaired) electrons. The van der Waals surface area contributed by atoms with Crippen molar-refractivity contribution in [1.29, 1.82) is 0 Å². The van der Waals surface area contributed by atoms with E-state index < -0.39 is 0 Å². The first-order chi connectivity index (χ1) is 8.15. The lowest BCUT2D eigenvalue weighted by Gasteiger charge is -2.26. The van der Waals surface area contributed by atoms with Crippen molar-refractivity contribution in [2.75, 3.05) is 20.2 Å². The van der Waals surface area contributed by atoms with Crippen molar-refractivity contribution in [3.05, 3.63) is 27.5 Å². The maximum atomic E-state index is 13.8.